The van der Waals surface area contributed by atoms with E-state index < -0.39 is 10.8 Å². The number of rotatable bonds is 17. The number of hydrogen-bond acceptors (Lipinski definition) is 6. The zero-order valence-corrected chi connectivity index (χ0v) is 60.4. The van der Waals surface area contributed by atoms with E-state index in [1.54, 1.807) is 18.2 Å². The fourth-order valence-corrected chi connectivity index (χ4v) is 17.3. The lowest BCUT2D eigenvalue weighted by molar-refractivity contribution is 0.482. The lowest BCUT2D eigenvalue weighted by atomic mass is 9.67. The molecular weight excluding hydrogens is 1370 g/mol. The smallest absolute Gasteiger partial charge is 0.135 e. The van der Waals surface area contributed by atoms with E-state index in [-0.39, 0.29) is 11.6 Å². The number of nitrogens with zero attached hydrogens (tertiary/aromatic N) is 2. The zero-order valence-electron chi connectivity index (χ0n) is 60.4. The van der Waals surface area contributed by atoms with Gasteiger partial charge >= 0.3 is 0 Å². The summed E-state index contributed by atoms with van der Waals surface area (Å²) in [6.45, 7) is 9.69. The first kappa shape index (κ1) is 66.1. The van der Waals surface area contributed by atoms with Gasteiger partial charge in [-0.1, -0.05) is 219 Å². The van der Waals surface area contributed by atoms with Crippen LogP contribution in [0.1, 0.15) is 61.2 Å². The second kappa shape index (κ2) is 26.6. The molecule has 2 unspecified atom stereocenters. The van der Waals surface area contributed by atoms with E-state index in [1.165, 1.54) is 0 Å². The number of ether oxygens (including phenoxy) is 2. The van der Waals surface area contributed by atoms with Crippen LogP contribution in [0.4, 0.5) is 42.9 Å². The van der Waals surface area contributed by atoms with Crippen molar-refractivity contribution in [2.75, 3.05) is 9.80 Å². The maximum atomic E-state index is 15.7. The Morgan fingerprint density at radius 3 is 1.07 bits per heavy atom. The van der Waals surface area contributed by atoms with E-state index in [1.807, 2.05) is 140 Å². The topological polar surface area (TPSA) is 51.2 Å². The summed E-state index contributed by atoms with van der Waals surface area (Å²) in [6, 6.07) is 123. The molecule has 20 rings (SSSR count). The first-order valence-corrected chi connectivity index (χ1v) is 37.2. The van der Waals surface area contributed by atoms with E-state index in [9.17, 15) is 0 Å². The van der Waals surface area contributed by atoms with Gasteiger partial charge in [-0.05, 0) is 265 Å². The second-order valence-corrected chi connectivity index (χ2v) is 28.6. The molecule has 8 heteroatoms. The van der Waals surface area contributed by atoms with Crippen molar-refractivity contribution in [2.24, 2.45) is 0 Å². The van der Waals surface area contributed by atoms with Crippen molar-refractivity contribution in [2.45, 2.75) is 17.8 Å². The number of fused-ring (bicyclic) bond motifs is 12. The molecule has 0 amide bonds. The summed E-state index contributed by atoms with van der Waals surface area (Å²) in [5.41, 5.74) is 24.2. The molecule has 18 aromatic rings. The third-order valence-corrected chi connectivity index (χ3v) is 22.5. The van der Waals surface area contributed by atoms with Gasteiger partial charge in [0, 0.05) is 55.7 Å². The van der Waals surface area contributed by atoms with Crippen LogP contribution in [0.15, 0.2) is 380 Å². The van der Waals surface area contributed by atoms with E-state index in [0.29, 0.717) is 28.6 Å². The maximum absolute atomic E-state index is 15.7. The molecule has 2 atom stereocenters. The van der Waals surface area contributed by atoms with E-state index in [0.717, 1.165) is 167 Å². The summed E-state index contributed by atoms with van der Waals surface area (Å²) in [7, 11) is 0. The molecule has 528 valence electrons. The first-order valence-electron chi connectivity index (χ1n) is 37.2. The highest BCUT2D eigenvalue weighted by Gasteiger charge is 2.48. The largest absolute Gasteiger partial charge is 0.457 e. The molecule has 2 aromatic heterocycles. The fourth-order valence-electron chi connectivity index (χ4n) is 17.3. The fraction of sp³-hybridized carbons (Fsp3) is 0.0291. The predicted octanol–water partition coefficient (Wildman–Crippen LogP) is 28.3. The number of aryl methyl sites for hydroxylation is 1. The lowest BCUT2D eigenvalue weighted by Gasteiger charge is -2.35. The molecule has 6 nitrogen and oxygen atoms in total. The molecule has 0 fully saturated rings. The molecule has 2 aliphatic carbocycles. The number of halogens is 2. The van der Waals surface area contributed by atoms with Crippen LogP contribution in [0.2, 0.25) is 0 Å². The maximum Gasteiger partial charge on any atom is 0.135 e. The molecule has 2 heterocycles. The van der Waals surface area contributed by atoms with E-state index in [2.05, 4.69) is 241 Å². The number of benzene rings is 16. The summed E-state index contributed by atoms with van der Waals surface area (Å²) >= 11 is 0. The van der Waals surface area contributed by atoms with E-state index in [4.69, 9.17) is 18.3 Å². The third kappa shape index (κ3) is 11.0. The summed E-state index contributed by atoms with van der Waals surface area (Å²) in [5.74, 6) is 2.24. The molecule has 0 N–H and O–H groups in total. The molecular formula is C103H68F2N2O4. The molecule has 0 spiro atoms. The molecule has 111 heavy (non-hydrogen) atoms. The Bertz CT molecular complexity index is 6700. The number of hydrogen-bond donors (Lipinski definition) is 0. The minimum atomic E-state index is -0.891. The van der Waals surface area contributed by atoms with Crippen LogP contribution >= 0.6 is 0 Å². The SMILES string of the molecule is C=Cc1ccc(Oc2ccc(C3(c4ccc(F)cc4)c4ccccc4-c4ccc(N(c5ccc(-c6ccc(N(c7ccc8c(c7)C(c7ccc(Oc9ccc(C=C)cc9)cc7)(c7ccc(F)c(C)c7)c7ccccc7-8)c7ccc8oc9ccccc9c8c7)cc6)cc5)c5ccc6oc7ccccc7c6c5)cc43)cc2)cc1. The van der Waals surface area contributed by atoms with Gasteiger partial charge in [-0.15, -0.1) is 0 Å². The highest BCUT2D eigenvalue weighted by atomic mass is 19.1. The van der Waals surface area contributed by atoms with Gasteiger partial charge in [0.05, 0.1) is 10.8 Å². The van der Waals surface area contributed by atoms with Gasteiger partial charge in [-0.25, -0.2) is 8.78 Å². The van der Waals surface area contributed by atoms with Crippen molar-refractivity contribution >= 4 is 90.2 Å². The second-order valence-electron chi connectivity index (χ2n) is 28.6. The molecule has 0 aliphatic heterocycles. The molecule has 0 bridgehead atoms. The minimum Gasteiger partial charge on any atom is -0.457 e. The van der Waals surface area contributed by atoms with Gasteiger partial charge < -0.3 is 28.1 Å². The molecule has 0 saturated carbocycles. The van der Waals surface area contributed by atoms with Crippen molar-refractivity contribution in [3.8, 4) is 56.4 Å². The van der Waals surface area contributed by atoms with Gasteiger partial charge in [0.1, 0.15) is 57.0 Å². The molecule has 2 aliphatic rings. The van der Waals surface area contributed by atoms with E-state index >= 15 is 8.78 Å². The lowest BCUT2D eigenvalue weighted by Crippen LogP contribution is -2.29. The van der Waals surface area contributed by atoms with Gasteiger partial charge in [0.15, 0.2) is 0 Å². The van der Waals surface area contributed by atoms with Crippen LogP contribution in [0, 0.1) is 18.6 Å². The van der Waals surface area contributed by atoms with Gasteiger partial charge in [-0.3, -0.25) is 0 Å². The molecule has 0 saturated heterocycles. The summed E-state index contributed by atoms with van der Waals surface area (Å²) in [5, 5.41) is 4.05. The first-order chi connectivity index (χ1) is 54.6. The van der Waals surface area contributed by atoms with Gasteiger partial charge in [0.25, 0.3) is 0 Å². The van der Waals surface area contributed by atoms with Gasteiger partial charge in [0.2, 0.25) is 0 Å². The van der Waals surface area contributed by atoms with Crippen LogP contribution in [0.5, 0.6) is 23.0 Å². The average molecular weight is 1440 g/mol. The highest BCUT2D eigenvalue weighted by molar-refractivity contribution is 6.08. The number of anilines is 6. The Kier molecular flexibility index (Phi) is 15.8. The summed E-state index contributed by atoms with van der Waals surface area (Å²) < 4.78 is 56.9. The quantitative estimate of drug-likeness (QED) is 0.0906. The van der Waals surface area contributed by atoms with Crippen molar-refractivity contribution in [3.05, 3.63) is 444 Å². The summed E-state index contributed by atoms with van der Waals surface area (Å²) in [4.78, 5) is 4.66. The van der Waals surface area contributed by atoms with Crippen molar-refractivity contribution < 1.29 is 27.1 Å². The average Bonchev–Trinajstić information content (AvgIpc) is 1.44. The Labute approximate surface area is 641 Å². The number of para-hydroxylation sites is 2. The highest BCUT2D eigenvalue weighted by Crippen LogP contribution is 2.60. The Balaban J connectivity index is 0.708. The molecule has 16 aromatic carbocycles. The van der Waals surface area contributed by atoms with Crippen molar-refractivity contribution in [1.82, 2.24) is 0 Å². The van der Waals surface area contributed by atoms with Crippen LogP contribution in [0.3, 0.4) is 0 Å². The third-order valence-electron chi connectivity index (χ3n) is 22.5. The predicted molar refractivity (Wildman–Crippen MR) is 448 cm³/mol. The monoisotopic (exact) mass is 1430 g/mol. The van der Waals surface area contributed by atoms with Gasteiger partial charge in [-0.2, -0.15) is 0 Å². The Hall–Kier alpha value is -14.3. The van der Waals surface area contributed by atoms with Crippen LogP contribution in [-0.2, 0) is 10.8 Å². The zero-order chi connectivity index (χ0) is 74.5. The van der Waals surface area contributed by atoms with Crippen LogP contribution < -0.4 is 19.3 Å². The standard InChI is InChI=1S/C103H68F2N2O4/c1-4-66-22-47-81(48-23-66)108-83-51-32-71(33-52-83)102(70-30-37-74(104)38-31-70)93-18-10-6-14-85(93)87-55-43-79(63-95(87)102)106(77-45-58-100-91(61-77)89-16-8-12-20-98(89)110-100)75-39-26-68(27-40-75)69-28-41-76(42-29-69)107(78-46-59-101-92(62-78)90-17-9-13-21-99(90)111-101)80-44-56-88-86-15-7-11-19-94(86)103(96(88)64-80,73-36-57-97(105)65(3)60-73)72-34-53-84(54-35-72)109-82-49-24-67(5-2)25-50-82/h4-64H,1-2H2,3H3. The van der Waals surface area contributed by atoms with Crippen molar-refractivity contribution in [1.29, 1.82) is 0 Å². The van der Waals surface area contributed by atoms with Crippen LogP contribution in [0.25, 0.3) is 89.4 Å². The normalized spacial score (nSPS) is 14.6. The summed E-state index contributed by atoms with van der Waals surface area (Å²) in [6.07, 6.45) is 3.63. The number of furan rings is 2. The Morgan fingerprint density at radius 1 is 0.297 bits per heavy atom. The van der Waals surface area contributed by atoms with Crippen LogP contribution in [-0.4, -0.2) is 0 Å². The van der Waals surface area contributed by atoms with Crippen molar-refractivity contribution in [3.63, 3.8) is 0 Å². The Morgan fingerprint density at radius 2 is 0.640 bits per heavy atom. The molecule has 0 radical (unpaired) electrons. The minimum absolute atomic E-state index is 0.264.